The summed E-state index contributed by atoms with van der Waals surface area (Å²) in [6.45, 7) is 19.0. The molecule has 0 aromatic heterocycles. The molecule has 0 rings (SSSR count). The van der Waals surface area contributed by atoms with Gasteiger partial charge in [0, 0.05) is 0 Å². The zero-order chi connectivity index (χ0) is 15.3. The molecule has 0 amide bonds. The summed E-state index contributed by atoms with van der Waals surface area (Å²) >= 11 is -2.70. The third kappa shape index (κ3) is 8.40. The molecule has 0 aliphatic rings. The quantitative estimate of drug-likeness (QED) is 0.579. The first-order valence-corrected chi connectivity index (χ1v) is 10.5. The van der Waals surface area contributed by atoms with E-state index in [0.29, 0.717) is 0 Å². The van der Waals surface area contributed by atoms with Gasteiger partial charge in [-0.15, -0.1) is 0 Å². The standard InChI is InChI=1S/3C5H11O.Ga/c3*1-4-5(2,3)6;/h3*4H2,1-3H3;/q3*-1;+3. The molecule has 4 heteroatoms. The Bertz CT molecular complexity index is 219. The molecule has 0 heterocycles. The molecule has 0 aromatic rings. The average molecular weight is 331 g/mol. The van der Waals surface area contributed by atoms with Crippen LogP contribution in [0.2, 0.25) is 0 Å². The Labute approximate surface area is 126 Å². The van der Waals surface area contributed by atoms with Crippen LogP contribution in [0.3, 0.4) is 0 Å². The zero-order valence-electron chi connectivity index (χ0n) is 14.4. The zero-order valence-corrected chi connectivity index (χ0v) is 16.8. The minimum atomic E-state index is -2.70. The summed E-state index contributed by atoms with van der Waals surface area (Å²) in [5.74, 6) is 0. The molecule has 0 aliphatic heterocycles. The second-order valence-electron chi connectivity index (χ2n) is 6.98. The van der Waals surface area contributed by atoms with Crippen LogP contribution in [0, 0.1) is 0 Å². The van der Waals surface area contributed by atoms with E-state index in [2.05, 4.69) is 62.3 Å². The fourth-order valence-corrected chi connectivity index (χ4v) is 5.73. The normalized spacial score (nSPS) is 13.7. The van der Waals surface area contributed by atoms with E-state index in [1.807, 2.05) is 0 Å². The molecule has 19 heavy (non-hydrogen) atoms. The Morgan fingerprint density at radius 3 is 0.947 bits per heavy atom. The Kier molecular flexibility index (Phi) is 7.71. The van der Waals surface area contributed by atoms with Gasteiger partial charge in [-0.05, 0) is 0 Å². The van der Waals surface area contributed by atoms with Gasteiger partial charge in [-0.25, -0.2) is 0 Å². The van der Waals surface area contributed by atoms with Crippen molar-refractivity contribution in [2.45, 2.75) is 98.4 Å². The topological polar surface area (TPSA) is 27.7 Å². The molecule has 0 unspecified atom stereocenters. The SMILES string of the molecule is CCC(C)(C)[O][Ga]([O]C(C)(C)CC)[O]C(C)(C)CC. The molecule has 0 aliphatic carbocycles. The van der Waals surface area contributed by atoms with Gasteiger partial charge in [0.2, 0.25) is 0 Å². The monoisotopic (exact) mass is 330 g/mol. The molecule has 114 valence electrons. The van der Waals surface area contributed by atoms with Crippen molar-refractivity contribution in [3.63, 3.8) is 0 Å². The molecule has 0 atom stereocenters. The number of rotatable bonds is 9. The van der Waals surface area contributed by atoms with E-state index in [1.54, 1.807) is 0 Å². The van der Waals surface area contributed by atoms with Crippen molar-refractivity contribution < 1.29 is 10.6 Å². The summed E-state index contributed by atoms with van der Waals surface area (Å²) in [6, 6.07) is 0. The van der Waals surface area contributed by atoms with E-state index in [1.165, 1.54) is 0 Å². The van der Waals surface area contributed by atoms with E-state index in [-0.39, 0.29) is 16.8 Å². The first-order chi connectivity index (χ1) is 8.47. The third-order valence-corrected chi connectivity index (χ3v) is 9.03. The van der Waals surface area contributed by atoms with E-state index < -0.39 is 17.3 Å². The van der Waals surface area contributed by atoms with Crippen molar-refractivity contribution >= 4 is 17.3 Å². The maximum absolute atomic E-state index is 6.21. The molecular weight excluding hydrogens is 298 g/mol. The van der Waals surface area contributed by atoms with Crippen molar-refractivity contribution in [2.24, 2.45) is 0 Å². The van der Waals surface area contributed by atoms with E-state index in [0.717, 1.165) is 19.3 Å². The van der Waals surface area contributed by atoms with Crippen LogP contribution < -0.4 is 0 Å². The molecular formula is C15H33GaO3. The summed E-state index contributed by atoms with van der Waals surface area (Å²) in [6.07, 6.45) is 2.88. The molecule has 0 saturated heterocycles. The molecule has 0 bridgehead atoms. The number of hydrogen-bond donors (Lipinski definition) is 0. The second-order valence-corrected chi connectivity index (χ2v) is 9.68. The fraction of sp³-hybridized carbons (Fsp3) is 1.00. The van der Waals surface area contributed by atoms with E-state index in [4.69, 9.17) is 10.6 Å². The van der Waals surface area contributed by atoms with Crippen LogP contribution in [0.1, 0.15) is 81.6 Å². The van der Waals surface area contributed by atoms with E-state index >= 15 is 0 Å². The second kappa shape index (κ2) is 7.50. The molecule has 0 aromatic carbocycles. The average Bonchev–Trinajstić information content (AvgIpc) is 2.27. The summed E-state index contributed by atoms with van der Waals surface area (Å²) in [7, 11) is 0. The Hall–Kier alpha value is 0.516. The van der Waals surface area contributed by atoms with Crippen molar-refractivity contribution in [1.82, 2.24) is 0 Å². The summed E-state index contributed by atoms with van der Waals surface area (Å²) in [5, 5.41) is 0. The van der Waals surface area contributed by atoms with Gasteiger partial charge < -0.3 is 0 Å². The summed E-state index contributed by atoms with van der Waals surface area (Å²) in [4.78, 5) is 0. The van der Waals surface area contributed by atoms with Crippen LogP contribution in [-0.2, 0) is 10.6 Å². The van der Waals surface area contributed by atoms with Gasteiger partial charge in [-0.3, -0.25) is 0 Å². The van der Waals surface area contributed by atoms with Crippen molar-refractivity contribution in [3.8, 4) is 0 Å². The van der Waals surface area contributed by atoms with Gasteiger partial charge in [0.15, 0.2) is 0 Å². The molecule has 0 radical (unpaired) electrons. The van der Waals surface area contributed by atoms with Gasteiger partial charge >= 0.3 is 126 Å². The Morgan fingerprint density at radius 2 is 0.789 bits per heavy atom. The minimum absolute atomic E-state index is 0.168. The Morgan fingerprint density at radius 1 is 0.579 bits per heavy atom. The third-order valence-electron chi connectivity index (χ3n) is 3.80. The predicted molar refractivity (Wildman–Crippen MR) is 82.1 cm³/mol. The van der Waals surface area contributed by atoms with Gasteiger partial charge in [-0.1, -0.05) is 0 Å². The van der Waals surface area contributed by atoms with Crippen molar-refractivity contribution in [3.05, 3.63) is 0 Å². The van der Waals surface area contributed by atoms with Crippen LogP contribution >= 0.6 is 0 Å². The van der Waals surface area contributed by atoms with Crippen LogP contribution in [0.4, 0.5) is 0 Å². The summed E-state index contributed by atoms with van der Waals surface area (Å²) in [5.41, 5.74) is -0.505. The van der Waals surface area contributed by atoms with Crippen LogP contribution in [0.25, 0.3) is 0 Å². The molecule has 0 spiro atoms. The number of hydrogen-bond acceptors (Lipinski definition) is 3. The molecule has 0 fully saturated rings. The molecule has 3 nitrogen and oxygen atoms in total. The van der Waals surface area contributed by atoms with Gasteiger partial charge in [-0.2, -0.15) is 0 Å². The van der Waals surface area contributed by atoms with Gasteiger partial charge in [0.05, 0.1) is 0 Å². The van der Waals surface area contributed by atoms with Crippen LogP contribution in [0.5, 0.6) is 0 Å². The van der Waals surface area contributed by atoms with Crippen LogP contribution in [0.15, 0.2) is 0 Å². The van der Waals surface area contributed by atoms with Crippen molar-refractivity contribution in [2.75, 3.05) is 0 Å². The molecule has 0 N–H and O–H groups in total. The summed E-state index contributed by atoms with van der Waals surface area (Å²) < 4.78 is 18.6. The maximum atomic E-state index is 6.21. The first-order valence-electron chi connectivity index (χ1n) is 7.50. The van der Waals surface area contributed by atoms with E-state index in [9.17, 15) is 0 Å². The van der Waals surface area contributed by atoms with Crippen molar-refractivity contribution in [1.29, 1.82) is 0 Å². The molecule has 0 saturated carbocycles. The predicted octanol–water partition coefficient (Wildman–Crippen LogP) is 4.59. The van der Waals surface area contributed by atoms with Gasteiger partial charge in [0.25, 0.3) is 0 Å². The first kappa shape index (κ1) is 19.5. The van der Waals surface area contributed by atoms with Crippen LogP contribution in [-0.4, -0.2) is 34.1 Å². The Balaban J connectivity index is 4.84. The van der Waals surface area contributed by atoms with Gasteiger partial charge in [0.1, 0.15) is 0 Å². The fourth-order valence-electron chi connectivity index (χ4n) is 1.10.